The number of hydrogen-bond donors (Lipinski definition) is 2. The molecule has 1 aliphatic rings. The number of aromatic amines is 1. The van der Waals surface area contributed by atoms with Crippen molar-refractivity contribution in [2.75, 3.05) is 0 Å². The number of aromatic nitrogens is 1. The van der Waals surface area contributed by atoms with Gasteiger partial charge in [-0.1, -0.05) is 54.1 Å². The minimum atomic E-state index is 0.0821. The zero-order chi connectivity index (χ0) is 17.9. The van der Waals surface area contributed by atoms with Gasteiger partial charge in [-0.25, -0.2) is 0 Å². The molecule has 0 spiro atoms. The number of hydrogen-bond acceptors (Lipinski definition) is 1. The van der Waals surface area contributed by atoms with Gasteiger partial charge < -0.3 is 10.3 Å². The van der Waals surface area contributed by atoms with Gasteiger partial charge in [0.1, 0.15) is 0 Å². The van der Waals surface area contributed by atoms with E-state index in [0.717, 1.165) is 40.4 Å². The van der Waals surface area contributed by atoms with Crippen LogP contribution in [0.4, 0.5) is 0 Å². The summed E-state index contributed by atoms with van der Waals surface area (Å²) in [5.41, 5.74) is 5.66. The van der Waals surface area contributed by atoms with E-state index in [-0.39, 0.29) is 11.9 Å². The molecule has 3 aromatic rings. The van der Waals surface area contributed by atoms with Gasteiger partial charge in [-0.2, -0.15) is 0 Å². The Bertz CT molecular complexity index is 917. The first-order chi connectivity index (χ1) is 12.7. The number of nitrogens with one attached hydrogen (secondary N) is 2. The number of amides is 1. The van der Waals surface area contributed by atoms with Gasteiger partial charge >= 0.3 is 0 Å². The topological polar surface area (TPSA) is 44.9 Å². The molecule has 1 amide bonds. The molecular weight excluding hydrogens is 344 g/mol. The monoisotopic (exact) mass is 364 g/mol. The lowest BCUT2D eigenvalue weighted by Gasteiger charge is -2.14. The Labute approximate surface area is 158 Å². The lowest BCUT2D eigenvalue weighted by molar-refractivity contribution is -0.121. The van der Waals surface area contributed by atoms with E-state index in [9.17, 15) is 4.79 Å². The summed E-state index contributed by atoms with van der Waals surface area (Å²) in [6, 6.07) is 20.3. The molecule has 26 heavy (non-hydrogen) atoms. The SMILES string of the molecule is O=C(CCc1ccc(-c2ccccc2)[nH]1)N[C@@H]1CCc2c(Cl)cccc21. The average molecular weight is 365 g/mol. The Kier molecular flexibility index (Phi) is 4.81. The van der Waals surface area contributed by atoms with Gasteiger partial charge in [0, 0.05) is 22.8 Å². The van der Waals surface area contributed by atoms with Crippen molar-refractivity contribution >= 4 is 17.5 Å². The van der Waals surface area contributed by atoms with Gasteiger partial charge in [0.05, 0.1) is 6.04 Å². The maximum atomic E-state index is 12.4. The van der Waals surface area contributed by atoms with Crippen molar-refractivity contribution in [3.8, 4) is 11.3 Å². The molecule has 0 aliphatic heterocycles. The molecule has 2 N–H and O–H groups in total. The van der Waals surface area contributed by atoms with Crippen LogP contribution in [0.15, 0.2) is 60.7 Å². The maximum Gasteiger partial charge on any atom is 0.220 e. The molecule has 1 aliphatic carbocycles. The predicted molar refractivity (Wildman–Crippen MR) is 105 cm³/mol. The van der Waals surface area contributed by atoms with E-state index in [1.165, 1.54) is 5.56 Å². The lowest BCUT2D eigenvalue weighted by Crippen LogP contribution is -2.27. The first-order valence-corrected chi connectivity index (χ1v) is 9.38. The number of benzene rings is 2. The molecule has 0 bridgehead atoms. The second kappa shape index (κ2) is 7.38. The summed E-state index contributed by atoms with van der Waals surface area (Å²) < 4.78 is 0. The molecule has 132 valence electrons. The largest absolute Gasteiger partial charge is 0.358 e. The Morgan fingerprint density at radius 1 is 1.08 bits per heavy atom. The van der Waals surface area contributed by atoms with Crippen molar-refractivity contribution in [2.24, 2.45) is 0 Å². The fourth-order valence-corrected chi connectivity index (χ4v) is 3.92. The van der Waals surface area contributed by atoms with E-state index in [4.69, 9.17) is 11.6 Å². The molecule has 4 heteroatoms. The quantitative estimate of drug-likeness (QED) is 0.652. The van der Waals surface area contributed by atoms with Gasteiger partial charge in [0.25, 0.3) is 0 Å². The van der Waals surface area contributed by atoms with Crippen LogP contribution < -0.4 is 5.32 Å². The highest BCUT2D eigenvalue weighted by atomic mass is 35.5. The normalized spacial score (nSPS) is 15.7. The predicted octanol–water partition coefficient (Wildman–Crippen LogP) is 5.07. The number of H-pyrrole nitrogens is 1. The average Bonchev–Trinajstić information content (AvgIpc) is 3.29. The minimum absolute atomic E-state index is 0.0821. The number of aryl methyl sites for hydroxylation is 1. The third-order valence-electron chi connectivity index (χ3n) is 5.00. The van der Waals surface area contributed by atoms with Gasteiger partial charge in [-0.05, 0) is 54.2 Å². The second-order valence-corrected chi connectivity index (χ2v) is 7.14. The first-order valence-electron chi connectivity index (χ1n) is 9.00. The molecule has 1 atom stereocenters. The van der Waals surface area contributed by atoms with Crippen LogP contribution in [0.2, 0.25) is 5.02 Å². The van der Waals surface area contributed by atoms with Crippen LogP contribution in [-0.2, 0) is 17.6 Å². The van der Waals surface area contributed by atoms with Crippen LogP contribution in [0.5, 0.6) is 0 Å². The minimum Gasteiger partial charge on any atom is -0.358 e. The lowest BCUT2D eigenvalue weighted by atomic mass is 10.1. The van der Waals surface area contributed by atoms with E-state index < -0.39 is 0 Å². The molecule has 1 aromatic heterocycles. The molecule has 0 fully saturated rings. The number of carbonyl (C=O) groups excluding carboxylic acids is 1. The van der Waals surface area contributed by atoms with Crippen LogP contribution >= 0.6 is 11.6 Å². The molecule has 3 nitrogen and oxygen atoms in total. The summed E-state index contributed by atoms with van der Waals surface area (Å²) in [6.45, 7) is 0. The number of fused-ring (bicyclic) bond motifs is 1. The van der Waals surface area contributed by atoms with Crippen LogP contribution in [0.25, 0.3) is 11.3 Å². The zero-order valence-corrected chi connectivity index (χ0v) is 15.2. The van der Waals surface area contributed by atoms with Crippen LogP contribution in [0, 0.1) is 0 Å². The fraction of sp³-hybridized carbons (Fsp3) is 0.227. The fourth-order valence-electron chi connectivity index (χ4n) is 3.65. The van der Waals surface area contributed by atoms with Gasteiger partial charge in [-0.3, -0.25) is 4.79 Å². The Morgan fingerprint density at radius 2 is 1.92 bits per heavy atom. The van der Waals surface area contributed by atoms with E-state index >= 15 is 0 Å². The van der Waals surface area contributed by atoms with Gasteiger partial charge in [-0.15, -0.1) is 0 Å². The second-order valence-electron chi connectivity index (χ2n) is 6.73. The standard InChI is InChI=1S/C22H21ClN2O/c23-19-8-4-7-18-17(19)11-13-21(18)25-22(26)14-10-16-9-12-20(24-16)15-5-2-1-3-6-15/h1-9,12,21,24H,10-11,13-14H2,(H,25,26)/t21-/m1/s1. The van der Waals surface area contributed by atoms with Crippen molar-refractivity contribution < 1.29 is 4.79 Å². The molecule has 4 rings (SSSR count). The van der Waals surface area contributed by atoms with Crippen molar-refractivity contribution in [3.63, 3.8) is 0 Å². The highest BCUT2D eigenvalue weighted by Crippen LogP contribution is 2.35. The van der Waals surface area contributed by atoms with Gasteiger partial charge in [0.15, 0.2) is 0 Å². The smallest absolute Gasteiger partial charge is 0.220 e. The molecule has 0 unspecified atom stereocenters. The number of halogens is 1. The number of carbonyl (C=O) groups is 1. The molecule has 0 saturated carbocycles. The van der Waals surface area contributed by atoms with E-state index in [2.05, 4.69) is 40.6 Å². The molecule has 0 radical (unpaired) electrons. The molecular formula is C22H21ClN2O. The van der Waals surface area contributed by atoms with Crippen molar-refractivity contribution in [3.05, 3.63) is 82.5 Å². The summed E-state index contributed by atoms with van der Waals surface area (Å²) in [7, 11) is 0. The van der Waals surface area contributed by atoms with Crippen LogP contribution in [0.1, 0.15) is 35.7 Å². The molecule has 1 heterocycles. The molecule has 0 saturated heterocycles. The van der Waals surface area contributed by atoms with Gasteiger partial charge in [0.2, 0.25) is 5.91 Å². The van der Waals surface area contributed by atoms with Crippen molar-refractivity contribution in [1.82, 2.24) is 10.3 Å². The zero-order valence-electron chi connectivity index (χ0n) is 14.5. The van der Waals surface area contributed by atoms with Crippen molar-refractivity contribution in [1.29, 1.82) is 0 Å². The summed E-state index contributed by atoms with van der Waals surface area (Å²) in [4.78, 5) is 15.8. The Morgan fingerprint density at radius 3 is 2.77 bits per heavy atom. The van der Waals surface area contributed by atoms with Crippen LogP contribution in [-0.4, -0.2) is 10.9 Å². The summed E-state index contributed by atoms with van der Waals surface area (Å²) in [6.07, 6.45) is 3.03. The number of rotatable bonds is 5. The van der Waals surface area contributed by atoms with E-state index in [0.29, 0.717) is 12.8 Å². The van der Waals surface area contributed by atoms with Crippen LogP contribution in [0.3, 0.4) is 0 Å². The summed E-state index contributed by atoms with van der Waals surface area (Å²) in [5.74, 6) is 0.0821. The summed E-state index contributed by atoms with van der Waals surface area (Å²) >= 11 is 6.25. The highest BCUT2D eigenvalue weighted by molar-refractivity contribution is 6.31. The third-order valence-corrected chi connectivity index (χ3v) is 5.36. The van der Waals surface area contributed by atoms with Crippen molar-refractivity contribution in [2.45, 2.75) is 31.7 Å². The molecule has 2 aromatic carbocycles. The van der Waals surface area contributed by atoms with E-state index in [1.54, 1.807) is 0 Å². The Hall–Kier alpha value is -2.52. The Balaban J connectivity index is 1.34. The highest BCUT2D eigenvalue weighted by Gasteiger charge is 2.25. The first kappa shape index (κ1) is 16.9. The summed E-state index contributed by atoms with van der Waals surface area (Å²) in [5, 5.41) is 3.96. The van der Waals surface area contributed by atoms with E-state index in [1.807, 2.05) is 30.3 Å². The maximum absolute atomic E-state index is 12.4. The third kappa shape index (κ3) is 3.54.